The number of anilines is 1. The van der Waals surface area contributed by atoms with Crippen LogP contribution in [0.3, 0.4) is 0 Å². The molecule has 0 unspecified atom stereocenters. The first-order valence-corrected chi connectivity index (χ1v) is 4.21. The van der Waals surface area contributed by atoms with Crippen LogP contribution in [-0.4, -0.2) is 0 Å². The minimum absolute atomic E-state index is 0.727. The van der Waals surface area contributed by atoms with Gasteiger partial charge in [0.25, 0.3) is 0 Å². The van der Waals surface area contributed by atoms with E-state index < -0.39 is 0 Å². The topological polar surface area (TPSA) is 26.0 Å². The van der Waals surface area contributed by atoms with Crippen molar-refractivity contribution in [2.24, 2.45) is 0 Å². The Kier molecular flexibility index (Phi) is 2.95. The zero-order chi connectivity index (χ0) is 8.97. The Balaban J connectivity index is 3.07. The fourth-order valence-electron chi connectivity index (χ4n) is 0.828. The van der Waals surface area contributed by atoms with Crippen molar-refractivity contribution in [1.82, 2.24) is 0 Å². The molecule has 1 nitrogen and oxygen atoms in total. The van der Waals surface area contributed by atoms with Crippen molar-refractivity contribution in [2.45, 2.75) is 0 Å². The third kappa shape index (κ3) is 2.14. The number of nitrogens with two attached hydrogens (primary N) is 1. The number of nitrogen functional groups attached to an aromatic ring is 1. The number of hydrogen-bond donors (Lipinski definition) is 1. The van der Waals surface area contributed by atoms with Crippen molar-refractivity contribution in [1.29, 1.82) is 0 Å². The Morgan fingerprint density at radius 3 is 2.92 bits per heavy atom. The molecule has 0 amide bonds. The fourth-order valence-corrected chi connectivity index (χ4v) is 1.21. The van der Waals surface area contributed by atoms with E-state index in [2.05, 4.69) is 21.9 Å². The number of hydrogen-bond acceptors (Lipinski definition) is 1. The van der Waals surface area contributed by atoms with Gasteiger partial charge in [-0.1, -0.05) is 21.9 Å². The highest BCUT2D eigenvalue weighted by Crippen LogP contribution is 2.19. The highest BCUT2D eigenvalue weighted by atomic mass is 79.9. The summed E-state index contributed by atoms with van der Waals surface area (Å²) in [6.07, 6.45) is 8.50. The molecule has 0 atom stereocenters. The van der Waals surface area contributed by atoms with Crippen LogP contribution in [0.5, 0.6) is 0 Å². The standard InChI is InChI=1S/C10H8BrN/c1-2-3-4-8-7-9(11)5-6-10(8)12/h1,3-7H,12H2/b4-3-. The van der Waals surface area contributed by atoms with Crippen LogP contribution in [0.25, 0.3) is 6.08 Å². The van der Waals surface area contributed by atoms with Gasteiger partial charge in [-0.05, 0) is 35.9 Å². The van der Waals surface area contributed by atoms with E-state index in [1.54, 1.807) is 12.2 Å². The zero-order valence-corrected chi connectivity index (χ0v) is 8.01. The van der Waals surface area contributed by atoms with Crippen LogP contribution in [0.1, 0.15) is 5.56 Å². The molecule has 2 N–H and O–H groups in total. The second-order valence-corrected chi connectivity index (χ2v) is 3.19. The average molecular weight is 222 g/mol. The average Bonchev–Trinajstić information content (AvgIpc) is 2.07. The maximum absolute atomic E-state index is 5.69. The first-order valence-electron chi connectivity index (χ1n) is 3.42. The van der Waals surface area contributed by atoms with Crippen LogP contribution in [0.15, 0.2) is 28.7 Å². The molecule has 0 saturated heterocycles. The first kappa shape index (κ1) is 8.89. The number of benzene rings is 1. The van der Waals surface area contributed by atoms with E-state index in [1.165, 1.54) is 0 Å². The summed E-state index contributed by atoms with van der Waals surface area (Å²) in [7, 11) is 0. The number of halogens is 1. The molecule has 0 spiro atoms. The Labute approximate surface area is 80.4 Å². The highest BCUT2D eigenvalue weighted by Gasteiger charge is 1.94. The van der Waals surface area contributed by atoms with Crippen molar-refractivity contribution >= 4 is 27.7 Å². The third-order valence-electron chi connectivity index (χ3n) is 1.41. The molecular weight excluding hydrogens is 214 g/mol. The fraction of sp³-hybridized carbons (Fsp3) is 0. The molecule has 0 aliphatic carbocycles. The Morgan fingerprint density at radius 1 is 1.50 bits per heavy atom. The van der Waals surface area contributed by atoms with Gasteiger partial charge in [0, 0.05) is 10.2 Å². The SMILES string of the molecule is C#C/C=C\c1cc(Br)ccc1N. The van der Waals surface area contributed by atoms with Gasteiger partial charge in [-0.15, -0.1) is 6.42 Å². The summed E-state index contributed by atoms with van der Waals surface area (Å²) >= 11 is 3.35. The van der Waals surface area contributed by atoms with Crippen LogP contribution in [0, 0.1) is 12.3 Å². The molecule has 1 rings (SSSR count). The summed E-state index contributed by atoms with van der Waals surface area (Å²) < 4.78 is 0.994. The van der Waals surface area contributed by atoms with Crippen molar-refractivity contribution in [3.63, 3.8) is 0 Å². The second kappa shape index (κ2) is 3.99. The Bertz CT molecular complexity index is 347. The number of allylic oxidation sites excluding steroid dienone is 1. The van der Waals surface area contributed by atoms with Gasteiger partial charge in [-0.3, -0.25) is 0 Å². The molecule has 0 aliphatic heterocycles. The molecule has 0 fully saturated rings. The van der Waals surface area contributed by atoms with E-state index >= 15 is 0 Å². The van der Waals surface area contributed by atoms with Gasteiger partial charge in [-0.2, -0.15) is 0 Å². The van der Waals surface area contributed by atoms with Crippen LogP contribution in [0.4, 0.5) is 5.69 Å². The van der Waals surface area contributed by atoms with Crippen molar-refractivity contribution in [2.75, 3.05) is 5.73 Å². The molecule has 1 aromatic carbocycles. The molecule has 0 aromatic heterocycles. The monoisotopic (exact) mass is 221 g/mol. The maximum atomic E-state index is 5.69. The molecular formula is C10H8BrN. The summed E-state index contributed by atoms with van der Waals surface area (Å²) in [5.41, 5.74) is 7.35. The third-order valence-corrected chi connectivity index (χ3v) is 1.90. The lowest BCUT2D eigenvalue weighted by atomic mass is 10.2. The highest BCUT2D eigenvalue weighted by molar-refractivity contribution is 9.10. The molecule has 2 heteroatoms. The van der Waals surface area contributed by atoms with Gasteiger partial charge in [0.1, 0.15) is 0 Å². The Hall–Kier alpha value is -1.20. The summed E-state index contributed by atoms with van der Waals surface area (Å²) in [4.78, 5) is 0. The largest absolute Gasteiger partial charge is 0.398 e. The molecule has 0 aliphatic rings. The minimum Gasteiger partial charge on any atom is -0.398 e. The minimum atomic E-state index is 0.727. The Morgan fingerprint density at radius 2 is 2.25 bits per heavy atom. The first-order chi connectivity index (χ1) is 5.74. The number of terminal acetylenes is 1. The lowest BCUT2D eigenvalue weighted by Gasteiger charge is -1.99. The maximum Gasteiger partial charge on any atom is 0.0388 e. The zero-order valence-electron chi connectivity index (χ0n) is 6.42. The van der Waals surface area contributed by atoms with Crippen molar-refractivity contribution < 1.29 is 0 Å². The summed E-state index contributed by atoms with van der Waals surface area (Å²) in [6, 6.07) is 5.64. The van der Waals surface area contributed by atoms with Gasteiger partial charge in [0.05, 0.1) is 0 Å². The van der Waals surface area contributed by atoms with Crippen LogP contribution < -0.4 is 5.73 Å². The van der Waals surface area contributed by atoms with Crippen LogP contribution in [-0.2, 0) is 0 Å². The van der Waals surface area contributed by atoms with E-state index in [-0.39, 0.29) is 0 Å². The van der Waals surface area contributed by atoms with Crippen molar-refractivity contribution in [3.05, 3.63) is 34.3 Å². The second-order valence-electron chi connectivity index (χ2n) is 2.27. The normalized spacial score (nSPS) is 10.0. The summed E-state index contributed by atoms with van der Waals surface area (Å²) in [6.45, 7) is 0. The quantitative estimate of drug-likeness (QED) is 0.573. The van der Waals surface area contributed by atoms with Crippen molar-refractivity contribution in [3.8, 4) is 12.3 Å². The van der Waals surface area contributed by atoms with E-state index in [4.69, 9.17) is 12.2 Å². The lowest BCUT2D eigenvalue weighted by molar-refractivity contribution is 1.60. The molecule has 12 heavy (non-hydrogen) atoms. The van der Waals surface area contributed by atoms with E-state index in [1.807, 2.05) is 18.2 Å². The smallest absolute Gasteiger partial charge is 0.0388 e. The van der Waals surface area contributed by atoms with Gasteiger partial charge in [-0.25, -0.2) is 0 Å². The molecule has 60 valence electrons. The number of rotatable bonds is 1. The predicted molar refractivity (Wildman–Crippen MR) is 56.4 cm³/mol. The van der Waals surface area contributed by atoms with Crippen LogP contribution >= 0.6 is 15.9 Å². The van der Waals surface area contributed by atoms with Gasteiger partial charge in [0.2, 0.25) is 0 Å². The van der Waals surface area contributed by atoms with Gasteiger partial charge >= 0.3 is 0 Å². The molecule has 1 aromatic rings. The van der Waals surface area contributed by atoms with E-state index in [9.17, 15) is 0 Å². The van der Waals surface area contributed by atoms with E-state index in [0.717, 1.165) is 15.7 Å². The lowest BCUT2D eigenvalue weighted by Crippen LogP contribution is -1.87. The van der Waals surface area contributed by atoms with Crippen LogP contribution in [0.2, 0.25) is 0 Å². The van der Waals surface area contributed by atoms with Gasteiger partial charge < -0.3 is 5.73 Å². The van der Waals surface area contributed by atoms with E-state index in [0.29, 0.717) is 0 Å². The molecule has 0 saturated carbocycles. The molecule has 0 heterocycles. The molecule has 0 radical (unpaired) electrons. The molecule has 0 bridgehead atoms. The summed E-state index contributed by atoms with van der Waals surface area (Å²) in [5, 5.41) is 0. The summed E-state index contributed by atoms with van der Waals surface area (Å²) in [5.74, 6) is 2.41. The van der Waals surface area contributed by atoms with Gasteiger partial charge in [0.15, 0.2) is 0 Å². The predicted octanol–water partition coefficient (Wildman–Crippen LogP) is 2.68.